The van der Waals surface area contributed by atoms with E-state index in [1.54, 1.807) is 0 Å². The summed E-state index contributed by atoms with van der Waals surface area (Å²) in [5.74, 6) is 0.616. The molecule has 35 heavy (non-hydrogen) atoms. The molecule has 1 atom stereocenters. The van der Waals surface area contributed by atoms with E-state index < -0.39 is 11.7 Å². The second kappa shape index (κ2) is 9.32. The predicted octanol–water partition coefficient (Wildman–Crippen LogP) is 5.67. The summed E-state index contributed by atoms with van der Waals surface area (Å²) in [7, 11) is 2.18. The van der Waals surface area contributed by atoms with E-state index >= 15 is 0 Å². The average molecular weight is 484 g/mol. The fraction of sp³-hybridized carbons (Fsp3) is 0.444. The molecule has 0 bridgehead atoms. The number of H-pyrrole nitrogens is 1. The number of imidazole rings is 1. The molecular formula is C27H32F3N5. The number of fused-ring (bicyclic) bond motifs is 1. The summed E-state index contributed by atoms with van der Waals surface area (Å²) in [6.45, 7) is 8.00. The van der Waals surface area contributed by atoms with Crippen molar-refractivity contribution in [2.75, 3.05) is 25.0 Å². The van der Waals surface area contributed by atoms with Crippen LogP contribution in [0.2, 0.25) is 0 Å². The van der Waals surface area contributed by atoms with Gasteiger partial charge in [0.1, 0.15) is 5.82 Å². The lowest BCUT2D eigenvalue weighted by atomic mass is 9.98. The first-order chi connectivity index (χ1) is 16.7. The zero-order valence-corrected chi connectivity index (χ0v) is 20.4. The zero-order chi connectivity index (χ0) is 24.7. The standard InChI is InChI=1S/C27H32F3N5/c1-18-24(32-26(31-18)20-8-10-22(11-9-20)27(28,29)30)17-34-14-12-23(13-15-34)35-16-21-6-4-5-7-25(21)33(3)19(35)2/h4-11,19,23H,12-17H2,1-3H3,(H,31,32). The molecule has 2 aliphatic heterocycles. The van der Waals surface area contributed by atoms with Crippen molar-refractivity contribution < 1.29 is 13.2 Å². The number of anilines is 1. The van der Waals surface area contributed by atoms with E-state index in [4.69, 9.17) is 4.98 Å². The van der Waals surface area contributed by atoms with Crippen LogP contribution in [-0.2, 0) is 19.3 Å². The molecule has 1 aromatic heterocycles. The van der Waals surface area contributed by atoms with Crippen LogP contribution in [-0.4, -0.2) is 52.1 Å². The number of hydrogen-bond acceptors (Lipinski definition) is 4. The van der Waals surface area contributed by atoms with Crippen molar-refractivity contribution in [3.8, 4) is 11.4 Å². The van der Waals surface area contributed by atoms with E-state index in [0.29, 0.717) is 23.6 Å². The van der Waals surface area contributed by atoms with Gasteiger partial charge >= 0.3 is 6.18 Å². The van der Waals surface area contributed by atoms with Gasteiger partial charge in [-0.15, -0.1) is 0 Å². The predicted molar refractivity (Wildman–Crippen MR) is 132 cm³/mol. The molecule has 3 aromatic rings. The highest BCUT2D eigenvalue weighted by molar-refractivity contribution is 5.57. The Kier molecular flexibility index (Phi) is 6.36. The lowest BCUT2D eigenvalue weighted by Gasteiger charge is -2.48. The third-order valence-electron chi connectivity index (χ3n) is 7.64. The van der Waals surface area contributed by atoms with Crippen molar-refractivity contribution in [3.63, 3.8) is 0 Å². The Hall–Kier alpha value is -2.84. The molecule has 0 amide bonds. The van der Waals surface area contributed by atoms with E-state index in [1.807, 2.05) is 6.92 Å². The van der Waals surface area contributed by atoms with Crippen LogP contribution in [0.1, 0.15) is 42.3 Å². The summed E-state index contributed by atoms with van der Waals surface area (Å²) in [6, 6.07) is 14.4. The van der Waals surface area contributed by atoms with Crippen molar-refractivity contribution in [1.29, 1.82) is 0 Å². The minimum Gasteiger partial charge on any atom is -0.359 e. The number of hydrogen-bond donors (Lipinski definition) is 1. The number of alkyl halides is 3. The maximum atomic E-state index is 12.9. The largest absolute Gasteiger partial charge is 0.416 e. The summed E-state index contributed by atoms with van der Waals surface area (Å²) in [5, 5.41) is 0. The molecule has 3 heterocycles. The molecule has 0 radical (unpaired) electrons. The van der Waals surface area contributed by atoms with Crippen molar-refractivity contribution in [1.82, 2.24) is 19.8 Å². The van der Waals surface area contributed by atoms with Crippen molar-refractivity contribution in [3.05, 3.63) is 71.0 Å². The van der Waals surface area contributed by atoms with Crippen molar-refractivity contribution in [2.45, 2.75) is 58.2 Å². The third-order valence-corrected chi connectivity index (χ3v) is 7.64. The average Bonchev–Trinajstić information content (AvgIpc) is 3.21. The second-order valence-corrected chi connectivity index (χ2v) is 9.78. The molecule has 5 rings (SSSR count). The number of piperidine rings is 1. The number of nitrogens with zero attached hydrogens (tertiary/aromatic N) is 4. The van der Waals surface area contributed by atoms with Gasteiger partial charge < -0.3 is 9.88 Å². The number of benzene rings is 2. The molecule has 8 heteroatoms. The van der Waals surface area contributed by atoms with E-state index in [1.165, 1.54) is 23.4 Å². The summed E-state index contributed by atoms with van der Waals surface area (Å²) in [6.07, 6.45) is -1.76. The summed E-state index contributed by atoms with van der Waals surface area (Å²) in [5.41, 5.74) is 4.65. The molecule has 186 valence electrons. The van der Waals surface area contributed by atoms with Crippen LogP contribution in [0, 0.1) is 6.92 Å². The Bertz CT molecular complexity index is 1160. The molecule has 0 aliphatic carbocycles. The number of likely N-dealkylation sites (tertiary alicyclic amines) is 1. The fourth-order valence-corrected chi connectivity index (χ4v) is 5.40. The highest BCUT2D eigenvalue weighted by Gasteiger charge is 2.34. The monoisotopic (exact) mass is 483 g/mol. The number of nitrogens with one attached hydrogen (secondary N) is 1. The Morgan fingerprint density at radius 3 is 2.40 bits per heavy atom. The number of aromatic nitrogens is 2. The Morgan fingerprint density at radius 1 is 1.03 bits per heavy atom. The highest BCUT2D eigenvalue weighted by Crippen LogP contribution is 2.34. The van der Waals surface area contributed by atoms with Gasteiger partial charge in [-0.05, 0) is 50.5 Å². The normalized spacial score (nSPS) is 20.3. The van der Waals surface area contributed by atoms with Crippen molar-refractivity contribution >= 4 is 5.69 Å². The molecule has 1 N–H and O–H groups in total. The van der Waals surface area contributed by atoms with Gasteiger partial charge in [0.2, 0.25) is 0 Å². The van der Waals surface area contributed by atoms with Gasteiger partial charge in [0, 0.05) is 56.2 Å². The first-order valence-electron chi connectivity index (χ1n) is 12.2. The summed E-state index contributed by atoms with van der Waals surface area (Å²) < 4.78 is 38.6. The van der Waals surface area contributed by atoms with E-state index in [-0.39, 0.29) is 0 Å². The lowest BCUT2D eigenvalue weighted by molar-refractivity contribution is -0.137. The van der Waals surface area contributed by atoms with Crippen LogP contribution in [0.5, 0.6) is 0 Å². The minimum atomic E-state index is -4.33. The minimum absolute atomic E-state index is 0.362. The molecule has 1 fully saturated rings. The summed E-state index contributed by atoms with van der Waals surface area (Å²) >= 11 is 0. The second-order valence-electron chi connectivity index (χ2n) is 9.78. The molecule has 2 aliphatic rings. The number of halogens is 3. The number of rotatable bonds is 4. The molecule has 0 saturated carbocycles. The smallest absolute Gasteiger partial charge is 0.359 e. The van der Waals surface area contributed by atoms with Gasteiger partial charge in [-0.2, -0.15) is 13.2 Å². The van der Waals surface area contributed by atoms with Crippen LogP contribution in [0.15, 0.2) is 48.5 Å². The summed E-state index contributed by atoms with van der Waals surface area (Å²) in [4.78, 5) is 15.4. The lowest BCUT2D eigenvalue weighted by Crippen LogP contribution is -2.55. The van der Waals surface area contributed by atoms with E-state index in [2.05, 4.69) is 57.9 Å². The molecular weight excluding hydrogens is 451 g/mol. The van der Waals surface area contributed by atoms with Crippen LogP contribution < -0.4 is 4.90 Å². The Labute approximate surface area is 204 Å². The maximum Gasteiger partial charge on any atom is 0.416 e. The molecule has 1 saturated heterocycles. The maximum absolute atomic E-state index is 12.9. The number of para-hydroxylation sites is 1. The molecule has 2 aromatic carbocycles. The first-order valence-corrected chi connectivity index (χ1v) is 12.2. The topological polar surface area (TPSA) is 38.4 Å². The number of aromatic amines is 1. The molecule has 0 spiro atoms. The van der Waals surface area contributed by atoms with E-state index in [9.17, 15) is 13.2 Å². The van der Waals surface area contributed by atoms with Gasteiger partial charge in [-0.25, -0.2) is 4.98 Å². The Balaban J connectivity index is 1.21. The number of aryl methyl sites for hydroxylation is 1. The van der Waals surface area contributed by atoms with Crippen LogP contribution >= 0.6 is 0 Å². The van der Waals surface area contributed by atoms with Crippen molar-refractivity contribution in [2.24, 2.45) is 0 Å². The van der Waals surface area contributed by atoms with Crippen LogP contribution in [0.3, 0.4) is 0 Å². The van der Waals surface area contributed by atoms with Gasteiger partial charge in [-0.3, -0.25) is 9.80 Å². The highest BCUT2D eigenvalue weighted by atomic mass is 19.4. The third kappa shape index (κ3) is 4.82. The van der Waals surface area contributed by atoms with Crippen LogP contribution in [0.25, 0.3) is 11.4 Å². The van der Waals surface area contributed by atoms with Gasteiger partial charge in [0.25, 0.3) is 0 Å². The fourth-order valence-electron chi connectivity index (χ4n) is 5.40. The zero-order valence-electron chi connectivity index (χ0n) is 20.4. The first kappa shape index (κ1) is 23.9. The van der Waals surface area contributed by atoms with Crippen LogP contribution in [0.4, 0.5) is 18.9 Å². The van der Waals surface area contributed by atoms with Gasteiger partial charge in [-0.1, -0.05) is 30.3 Å². The Morgan fingerprint density at radius 2 is 1.71 bits per heavy atom. The van der Waals surface area contributed by atoms with Gasteiger partial charge in [0.05, 0.1) is 17.4 Å². The van der Waals surface area contributed by atoms with Gasteiger partial charge in [0.15, 0.2) is 0 Å². The molecule has 5 nitrogen and oxygen atoms in total. The van der Waals surface area contributed by atoms with E-state index in [0.717, 1.165) is 62.5 Å². The molecule has 1 unspecified atom stereocenters. The quantitative estimate of drug-likeness (QED) is 0.519. The SMILES string of the molecule is Cc1[nH]c(-c2ccc(C(F)(F)F)cc2)nc1CN1CCC(N2Cc3ccccc3N(C)C2C)CC1.